The van der Waals surface area contributed by atoms with Crippen LogP contribution in [0, 0.1) is 0 Å². The number of aliphatic hydroxyl groups excluding tert-OH is 2. The Kier molecular flexibility index (Phi) is 14.6. The highest BCUT2D eigenvalue weighted by atomic mass is 16.5. The van der Waals surface area contributed by atoms with Gasteiger partial charge in [0.25, 0.3) is 11.8 Å². The standard InChI is InChI=1S/C51H68N2O10/c1-30(2)14-9-16-32(5)18-11-21-50(7)43(56)26-36-41(54)24-34-38(45(36)62-50)28-52(47(34)58)23-13-20-40(49(60)61)53-29-39-35(48(53)59)25-42(55)37-27-44(57)51(8,63-46(37)39)22-12-19-33(6)17-10-15-31(3)4/h14-15,18-19,24-25,40,43-44,54-57H,9-13,16-17,20-23,26-29H2,1-8H3,(H,60,61)/b32-18+,33-19+/t40-,43?,44?,50?,51?/m0/s1. The number of carbonyl (C=O) groups excluding carboxylic acids is 2. The van der Waals surface area contributed by atoms with Gasteiger partial charge in [-0.25, -0.2) is 4.79 Å². The highest BCUT2D eigenvalue weighted by Crippen LogP contribution is 2.48. The van der Waals surface area contributed by atoms with Crippen LogP contribution in [0.5, 0.6) is 23.0 Å². The van der Waals surface area contributed by atoms with Gasteiger partial charge in [-0.3, -0.25) is 9.59 Å². The lowest BCUT2D eigenvalue weighted by Gasteiger charge is -2.41. The lowest BCUT2D eigenvalue weighted by molar-refractivity contribution is -0.142. The molecular weight excluding hydrogens is 801 g/mol. The fourth-order valence-electron chi connectivity index (χ4n) is 9.40. The van der Waals surface area contributed by atoms with E-state index in [4.69, 9.17) is 9.47 Å². The van der Waals surface area contributed by atoms with E-state index in [1.54, 1.807) is 4.90 Å². The number of allylic oxidation sites excluding steroid dienone is 8. The van der Waals surface area contributed by atoms with Crippen molar-refractivity contribution in [2.45, 2.75) is 175 Å². The number of benzene rings is 2. The molecule has 4 unspecified atom stereocenters. The van der Waals surface area contributed by atoms with Gasteiger partial charge in [0.2, 0.25) is 0 Å². The summed E-state index contributed by atoms with van der Waals surface area (Å²) in [4.78, 5) is 43.4. The third kappa shape index (κ3) is 10.3. The molecule has 4 aliphatic rings. The number of aliphatic carboxylic acids is 1. The molecule has 342 valence electrons. The third-order valence-electron chi connectivity index (χ3n) is 13.5. The zero-order valence-electron chi connectivity index (χ0n) is 38.5. The van der Waals surface area contributed by atoms with E-state index < -0.39 is 41.3 Å². The molecule has 2 amide bonds. The number of aromatic hydroxyl groups is 2. The summed E-state index contributed by atoms with van der Waals surface area (Å²) in [5.41, 5.74) is 5.57. The van der Waals surface area contributed by atoms with E-state index in [-0.39, 0.29) is 68.3 Å². The molecule has 0 bridgehead atoms. The summed E-state index contributed by atoms with van der Waals surface area (Å²) in [5.74, 6) is -1.60. The fourth-order valence-corrected chi connectivity index (χ4v) is 9.40. The lowest BCUT2D eigenvalue weighted by Crippen LogP contribution is -2.49. The first-order valence-corrected chi connectivity index (χ1v) is 22.6. The Morgan fingerprint density at radius 1 is 0.714 bits per heavy atom. The summed E-state index contributed by atoms with van der Waals surface area (Å²) < 4.78 is 13.1. The van der Waals surface area contributed by atoms with E-state index in [1.165, 1.54) is 39.3 Å². The molecule has 5 atom stereocenters. The first kappa shape index (κ1) is 47.4. The van der Waals surface area contributed by atoms with E-state index in [9.17, 15) is 39.9 Å². The van der Waals surface area contributed by atoms with Gasteiger partial charge in [0.15, 0.2) is 0 Å². The number of phenolic OH excluding ortho intramolecular Hbond substituents is 2. The van der Waals surface area contributed by atoms with Crippen LogP contribution >= 0.6 is 0 Å². The Morgan fingerprint density at radius 2 is 1.17 bits per heavy atom. The molecular formula is C51H68N2O10. The van der Waals surface area contributed by atoms with Crippen LogP contribution in [0.3, 0.4) is 0 Å². The van der Waals surface area contributed by atoms with E-state index in [0.29, 0.717) is 65.0 Å². The van der Waals surface area contributed by atoms with Crippen LogP contribution < -0.4 is 9.47 Å². The van der Waals surface area contributed by atoms with Gasteiger partial charge in [-0.15, -0.1) is 0 Å². The SMILES string of the molecule is CC(C)=CCC/C(C)=C/CCC1(C)Oc2c(c(O)cc3c2CN(CCC[C@@H](C(=O)O)N2Cc4c(cc(O)c5c4OC(C)(CC/C=C(\C)CCC=C(C)C)C(O)C5)C2=O)C3=O)CC1O. The van der Waals surface area contributed by atoms with Crippen molar-refractivity contribution in [2.24, 2.45) is 0 Å². The van der Waals surface area contributed by atoms with Crippen LogP contribution in [0.4, 0.5) is 0 Å². The van der Waals surface area contributed by atoms with Crippen molar-refractivity contribution < 1.29 is 49.4 Å². The van der Waals surface area contributed by atoms with Crippen LogP contribution in [0.15, 0.2) is 58.7 Å². The third-order valence-corrected chi connectivity index (χ3v) is 13.5. The summed E-state index contributed by atoms with van der Waals surface area (Å²) in [6.07, 6.45) is 13.8. The normalized spacial score (nSPS) is 23.3. The topological polar surface area (TPSA) is 177 Å². The zero-order valence-corrected chi connectivity index (χ0v) is 38.5. The molecule has 0 saturated carbocycles. The van der Waals surface area contributed by atoms with Gasteiger partial charge in [-0.05, 0) is 132 Å². The highest BCUT2D eigenvalue weighted by molar-refractivity contribution is 6.02. The Balaban J connectivity index is 1.11. The minimum atomic E-state index is -1.23. The molecule has 0 aromatic heterocycles. The van der Waals surface area contributed by atoms with Crippen molar-refractivity contribution in [1.82, 2.24) is 9.80 Å². The maximum atomic E-state index is 13.9. The number of nitrogens with zero attached hydrogens (tertiary/aromatic N) is 2. The van der Waals surface area contributed by atoms with Crippen LogP contribution in [-0.2, 0) is 30.7 Å². The number of hydrogen-bond donors (Lipinski definition) is 5. The number of rotatable bonds is 18. The van der Waals surface area contributed by atoms with Crippen LogP contribution in [0.25, 0.3) is 0 Å². The average Bonchev–Trinajstić information content (AvgIpc) is 3.69. The maximum Gasteiger partial charge on any atom is 0.326 e. The summed E-state index contributed by atoms with van der Waals surface area (Å²) in [6.45, 7) is 16.5. The monoisotopic (exact) mass is 868 g/mol. The zero-order chi connectivity index (χ0) is 46.0. The summed E-state index contributed by atoms with van der Waals surface area (Å²) in [5, 5.41) is 55.0. The van der Waals surface area contributed by atoms with Crippen molar-refractivity contribution in [3.8, 4) is 23.0 Å². The molecule has 2 aromatic carbocycles. The molecule has 0 saturated heterocycles. The number of phenols is 2. The number of carbonyl (C=O) groups is 3. The second kappa shape index (κ2) is 19.4. The second-order valence-corrected chi connectivity index (χ2v) is 19.2. The first-order chi connectivity index (χ1) is 29.7. The Bertz CT molecular complexity index is 2230. The van der Waals surface area contributed by atoms with Crippen molar-refractivity contribution in [1.29, 1.82) is 0 Å². The molecule has 12 heteroatoms. The van der Waals surface area contributed by atoms with Crippen molar-refractivity contribution in [3.05, 3.63) is 92.1 Å². The molecule has 6 rings (SSSR count). The quantitative estimate of drug-likeness (QED) is 0.0909. The molecule has 0 radical (unpaired) electrons. The van der Waals surface area contributed by atoms with Gasteiger partial charge in [0.05, 0.1) is 36.4 Å². The predicted octanol–water partition coefficient (Wildman–Crippen LogP) is 9.00. The molecule has 12 nitrogen and oxygen atoms in total. The Labute approximate surface area is 372 Å². The van der Waals surface area contributed by atoms with E-state index in [2.05, 4.69) is 65.8 Å². The van der Waals surface area contributed by atoms with Gasteiger partial charge in [-0.2, -0.15) is 0 Å². The van der Waals surface area contributed by atoms with E-state index in [0.717, 1.165) is 25.7 Å². The molecule has 63 heavy (non-hydrogen) atoms. The number of hydrogen-bond acceptors (Lipinski definition) is 9. The number of carboxylic acid groups (broad SMARTS) is 1. The van der Waals surface area contributed by atoms with E-state index >= 15 is 0 Å². The van der Waals surface area contributed by atoms with Gasteiger partial charge in [0, 0.05) is 41.6 Å². The summed E-state index contributed by atoms with van der Waals surface area (Å²) in [7, 11) is 0. The van der Waals surface area contributed by atoms with Crippen LogP contribution in [0.1, 0.15) is 163 Å². The molecule has 2 aromatic rings. The smallest absolute Gasteiger partial charge is 0.326 e. The number of ether oxygens (including phenoxy) is 2. The lowest BCUT2D eigenvalue weighted by atomic mass is 9.84. The maximum absolute atomic E-state index is 13.9. The van der Waals surface area contributed by atoms with Gasteiger partial charge < -0.3 is 44.8 Å². The van der Waals surface area contributed by atoms with Crippen LogP contribution in [0.2, 0.25) is 0 Å². The average molecular weight is 869 g/mol. The van der Waals surface area contributed by atoms with Crippen molar-refractivity contribution in [2.75, 3.05) is 6.54 Å². The minimum Gasteiger partial charge on any atom is -0.508 e. The van der Waals surface area contributed by atoms with Crippen LogP contribution in [-0.4, -0.2) is 89.1 Å². The first-order valence-electron chi connectivity index (χ1n) is 22.6. The van der Waals surface area contributed by atoms with Crippen molar-refractivity contribution >= 4 is 17.8 Å². The number of fused-ring (bicyclic) bond motifs is 6. The van der Waals surface area contributed by atoms with Crippen molar-refractivity contribution in [3.63, 3.8) is 0 Å². The Hall–Kier alpha value is -5.07. The highest BCUT2D eigenvalue weighted by Gasteiger charge is 2.47. The second-order valence-electron chi connectivity index (χ2n) is 19.2. The Morgan fingerprint density at radius 3 is 1.63 bits per heavy atom. The molecule has 4 heterocycles. The van der Waals surface area contributed by atoms with Gasteiger partial charge in [-0.1, -0.05) is 46.6 Å². The summed E-state index contributed by atoms with van der Waals surface area (Å²) in [6, 6.07) is 1.55. The molecule has 5 N–H and O–H groups in total. The summed E-state index contributed by atoms with van der Waals surface area (Å²) >= 11 is 0. The van der Waals surface area contributed by atoms with E-state index in [1.807, 2.05) is 13.8 Å². The largest absolute Gasteiger partial charge is 0.508 e. The number of amides is 2. The number of carboxylic acids is 1. The predicted molar refractivity (Wildman–Crippen MR) is 242 cm³/mol. The molecule has 0 fully saturated rings. The number of aliphatic hydroxyl groups is 2. The molecule has 0 spiro atoms. The fraction of sp³-hybridized carbons (Fsp3) is 0.549. The molecule has 0 aliphatic carbocycles. The van der Waals surface area contributed by atoms with Gasteiger partial charge in [0.1, 0.15) is 40.2 Å². The molecule has 4 aliphatic heterocycles. The van der Waals surface area contributed by atoms with Gasteiger partial charge >= 0.3 is 5.97 Å². The minimum absolute atomic E-state index is 0.0456.